The largest absolute Gasteiger partial charge is 0.480 e. The molecule has 0 aliphatic rings. The van der Waals surface area contributed by atoms with Gasteiger partial charge in [0.25, 0.3) is 5.91 Å². The van der Waals surface area contributed by atoms with Crippen LogP contribution < -0.4 is 5.32 Å². The van der Waals surface area contributed by atoms with Gasteiger partial charge in [0.2, 0.25) is 0 Å². The summed E-state index contributed by atoms with van der Waals surface area (Å²) in [6, 6.07) is 2.06. The molecule has 1 aromatic rings. The van der Waals surface area contributed by atoms with E-state index in [1.54, 1.807) is 6.07 Å². The number of halogens is 1. The van der Waals surface area contributed by atoms with Crippen molar-refractivity contribution in [1.29, 1.82) is 0 Å². The zero-order valence-corrected chi connectivity index (χ0v) is 8.65. The topological polar surface area (TPSA) is 79.3 Å². The molecule has 0 radical (unpaired) electrons. The van der Waals surface area contributed by atoms with Crippen LogP contribution in [0.4, 0.5) is 0 Å². The van der Waals surface area contributed by atoms with Gasteiger partial charge in [-0.05, 0) is 19.1 Å². The number of pyridine rings is 1. The molecule has 1 atom stereocenters. The second-order valence-electron chi connectivity index (χ2n) is 2.88. The Labute approximate surface area is 91.1 Å². The van der Waals surface area contributed by atoms with Gasteiger partial charge in [-0.2, -0.15) is 0 Å². The van der Waals surface area contributed by atoms with E-state index in [2.05, 4.69) is 10.3 Å². The Bertz CT molecular complexity index is 395. The Hall–Kier alpha value is -1.62. The van der Waals surface area contributed by atoms with Crippen LogP contribution in [0.2, 0.25) is 5.15 Å². The van der Waals surface area contributed by atoms with Crippen molar-refractivity contribution < 1.29 is 14.7 Å². The number of hydrogen-bond acceptors (Lipinski definition) is 3. The molecule has 15 heavy (non-hydrogen) atoms. The van der Waals surface area contributed by atoms with Crippen LogP contribution in [0.1, 0.15) is 17.3 Å². The van der Waals surface area contributed by atoms with Gasteiger partial charge in [-0.1, -0.05) is 11.6 Å². The van der Waals surface area contributed by atoms with Crippen LogP contribution in [0.25, 0.3) is 0 Å². The molecule has 5 nitrogen and oxygen atoms in total. The van der Waals surface area contributed by atoms with Crippen molar-refractivity contribution in [1.82, 2.24) is 10.3 Å². The number of aliphatic carboxylic acids is 1. The van der Waals surface area contributed by atoms with E-state index in [1.807, 2.05) is 0 Å². The number of rotatable bonds is 3. The van der Waals surface area contributed by atoms with Crippen molar-refractivity contribution in [3.8, 4) is 0 Å². The minimum atomic E-state index is -1.11. The van der Waals surface area contributed by atoms with Gasteiger partial charge in [-0.25, -0.2) is 4.98 Å². The lowest BCUT2D eigenvalue weighted by atomic mass is 10.2. The summed E-state index contributed by atoms with van der Waals surface area (Å²) in [7, 11) is 0. The second-order valence-corrected chi connectivity index (χ2v) is 3.23. The van der Waals surface area contributed by atoms with Gasteiger partial charge in [-0.15, -0.1) is 0 Å². The van der Waals surface area contributed by atoms with Gasteiger partial charge in [0.05, 0.1) is 5.56 Å². The average Bonchev–Trinajstić information content (AvgIpc) is 2.18. The first-order chi connectivity index (χ1) is 7.02. The van der Waals surface area contributed by atoms with Gasteiger partial charge < -0.3 is 10.4 Å². The van der Waals surface area contributed by atoms with Crippen LogP contribution in [0.15, 0.2) is 18.3 Å². The summed E-state index contributed by atoms with van der Waals surface area (Å²) in [4.78, 5) is 25.7. The standard InChI is InChI=1S/C9H9ClN2O3/c1-5(9(14)15)12-8(13)6-3-2-4-11-7(6)10/h2-5H,1H3,(H,12,13)(H,14,15). The fraction of sp³-hybridized carbons (Fsp3) is 0.222. The predicted octanol–water partition coefficient (Wildman–Crippen LogP) is 0.938. The van der Waals surface area contributed by atoms with Crippen LogP contribution in [0, 0.1) is 0 Å². The molecule has 0 bridgehead atoms. The summed E-state index contributed by atoms with van der Waals surface area (Å²) >= 11 is 5.66. The molecule has 0 saturated carbocycles. The van der Waals surface area contributed by atoms with Crippen LogP contribution in [-0.2, 0) is 4.79 Å². The number of carbonyl (C=O) groups excluding carboxylic acids is 1. The number of aromatic nitrogens is 1. The van der Waals surface area contributed by atoms with Gasteiger partial charge in [0, 0.05) is 6.20 Å². The molecule has 80 valence electrons. The number of nitrogens with one attached hydrogen (secondary N) is 1. The Morgan fingerprint density at radius 3 is 2.80 bits per heavy atom. The van der Waals surface area contributed by atoms with E-state index in [4.69, 9.17) is 16.7 Å². The molecule has 1 rings (SSSR count). The average molecular weight is 229 g/mol. The first kappa shape index (κ1) is 11.5. The predicted molar refractivity (Wildman–Crippen MR) is 53.8 cm³/mol. The summed E-state index contributed by atoms with van der Waals surface area (Å²) in [5.41, 5.74) is 0.160. The number of carboxylic acids is 1. The molecule has 1 heterocycles. The third-order valence-electron chi connectivity index (χ3n) is 1.72. The third kappa shape index (κ3) is 2.92. The normalized spacial score (nSPS) is 11.9. The second kappa shape index (κ2) is 4.75. The van der Waals surface area contributed by atoms with Crippen molar-refractivity contribution >= 4 is 23.5 Å². The van der Waals surface area contributed by atoms with E-state index in [0.717, 1.165) is 0 Å². The maximum atomic E-state index is 11.5. The van der Waals surface area contributed by atoms with Crippen molar-refractivity contribution in [2.24, 2.45) is 0 Å². The lowest BCUT2D eigenvalue weighted by Crippen LogP contribution is -2.38. The summed E-state index contributed by atoms with van der Waals surface area (Å²) in [6.07, 6.45) is 1.44. The van der Waals surface area contributed by atoms with E-state index < -0.39 is 17.9 Å². The Morgan fingerprint density at radius 2 is 2.27 bits per heavy atom. The molecule has 0 aliphatic carbocycles. The molecule has 0 aliphatic heterocycles. The molecule has 1 aromatic heterocycles. The van der Waals surface area contributed by atoms with Crippen molar-refractivity contribution in [3.63, 3.8) is 0 Å². The van der Waals surface area contributed by atoms with Crippen molar-refractivity contribution in [2.45, 2.75) is 13.0 Å². The van der Waals surface area contributed by atoms with Crippen molar-refractivity contribution in [3.05, 3.63) is 29.0 Å². The summed E-state index contributed by atoms with van der Waals surface area (Å²) in [5, 5.41) is 10.9. The zero-order chi connectivity index (χ0) is 11.4. The highest BCUT2D eigenvalue weighted by atomic mass is 35.5. The highest BCUT2D eigenvalue weighted by Crippen LogP contribution is 2.11. The molecule has 1 unspecified atom stereocenters. The molecule has 0 saturated heterocycles. The molecular formula is C9H9ClN2O3. The van der Waals surface area contributed by atoms with Gasteiger partial charge in [0.1, 0.15) is 11.2 Å². The van der Waals surface area contributed by atoms with Crippen LogP contribution in [-0.4, -0.2) is 28.0 Å². The van der Waals surface area contributed by atoms with E-state index >= 15 is 0 Å². The number of nitrogens with zero attached hydrogens (tertiary/aromatic N) is 1. The van der Waals surface area contributed by atoms with Crippen LogP contribution in [0.5, 0.6) is 0 Å². The Balaban J connectivity index is 2.78. The molecule has 1 amide bonds. The Kier molecular flexibility index (Phi) is 3.62. The zero-order valence-electron chi connectivity index (χ0n) is 7.90. The fourth-order valence-corrected chi connectivity index (χ4v) is 1.10. The van der Waals surface area contributed by atoms with Gasteiger partial charge >= 0.3 is 5.97 Å². The molecular weight excluding hydrogens is 220 g/mol. The minimum Gasteiger partial charge on any atom is -0.480 e. The quantitative estimate of drug-likeness (QED) is 0.755. The van der Waals surface area contributed by atoms with E-state index in [0.29, 0.717) is 0 Å². The van der Waals surface area contributed by atoms with Gasteiger partial charge in [-0.3, -0.25) is 9.59 Å². The highest BCUT2D eigenvalue weighted by Gasteiger charge is 2.17. The monoisotopic (exact) mass is 228 g/mol. The molecule has 2 N–H and O–H groups in total. The smallest absolute Gasteiger partial charge is 0.325 e. The van der Waals surface area contributed by atoms with Crippen LogP contribution in [0.3, 0.4) is 0 Å². The third-order valence-corrected chi connectivity index (χ3v) is 2.02. The van der Waals surface area contributed by atoms with E-state index in [1.165, 1.54) is 19.2 Å². The van der Waals surface area contributed by atoms with Crippen molar-refractivity contribution in [2.75, 3.05) is 0 Å². The first-order valence-electron chi connectivity index (χ1n) is 4.16. The maximum Gasteiger partial charge on any atom is 0.325 e. The Morgan fingerprint density at radius 1 is 1.60 bits per heavy atom. The molecule has 0 aromatic carbocycles. The van der Waals surface area contributed by atoms with E-state index in [-0.39, 0.29) is 10.7 Å². The first-order valence-corrected chi connectivity index (χ1v) is 4.54. The summed E-state index contributed by atoms with van der Waals surface area (Å²) in [6.45, 7) is 1.37. The van der Waals surface area contributed by atoms with Crippen LogP contribution >= 0.6 is 11.6 Å². The summed E-state index contributed by atoms with van der Waals surface area (Å²) in [5.74, 6) is -1.66. The number of amides is 1. The van der Waals surface area contributed by atoms with E-state index in [9.17, 15) is 9.59 Å². The molecule has 0 fully saturated rings. The summed E-state index contributed by atoms with van der Waals surface area (Å²) < 4.78 is 0. The number of hydrogen-bond donors (Lipinski definition) is 2. The lowest BCUT2D eigenvalue weighted by Gasteiger charge is -2.09. The lowest BCUT2D eigenvalue weighted by molar-refractivity contribution is -0.138. The molecule has 0 spiro atoms. The minimum absolute atomic E-state index is 0.0487. The fourth-order valence-electron chi connectivity index (χ4n) is 0.892. The van der Waals surface area contributed by atoms with Gasteiger partial charge in [0.15, 0.2) is 0 Å². The molecule has 6 heteroatoms. The SMILES string of the molecule is CC(NC(=O)c1cccnc1Cl)C(=O)O. The highest BCUT2D eigenvalue weighted by molar-refractivity contribution is 6.32. The number of carbonyl (C=O) groups is 2. The maximum absolute atomic E-state index is 11.5. The number of carboxylic acid groups (broad SMARTS) is 1.